The number of hydrogen-bond acceptors (Lipinski definition) is 8. The summed E-state index contributed by atoms with van der Waals surface area (Å²) in [5.41, 5.74) is 0. The molecule has 3 atom stereocenters. The van der Waals surface area contributed by atoms with Crippen LogP contribution in [-0.2, 0) is 6.54 Å². The molecule has 3 aromatic rings. The van der Waals surface area contributed by atoms with Crippen molar-refractivity contribution in [3.63, 3.8) is 0 Å². The van der Waals surface area contributed by atoms with Crippen molar-refractivity contribution in [3.8, 4) is 11.8 Å². The van der Waals surface area contributed by atoms with Gasteiger partial charge in [-0.15, -0.1) is 10.2 Å². The van der Waals surface area contributed by atoms with Gasteiger partial charge >= 0.3 is 18.2 Å². The summed E-state index contributed by atoms with van der Waals surface area (Å²) in [4.78, 5) is 6.27. The van der Waals surface area contributed by atoms with Crippen molar-refractivity contribution in [1.82, 2.24) is 25.0 Å². The minimum atomic E-state index is -4.48. The van der Waals surface area contributed by atoms with Gasteiger partial charge in [0.15, 0.2) is 0 Å². The summed E-state index contributed by atoms with van der Waals surface area (Å²) in [6.45, 7) is 1.82. The van der Waals surface area contributed by atoms with Crippen molar-refractivity contribution in [2.24, 2.45) is 11.8 Å². The summed E-state index contributed by atoms with van der Waals surface area (Å²) in [7, 11) is 0. The molecule has 0 radical (unpaired) electrons. The number of aryl methyl sites for hydroxylation is 1. The van der Waals surface area contributed by atoms with Crippen LogP contribution in [-0.4, -0.2) is 50.3 Å². The summed E-state index contributed by atoms with van der Waals surface area (Å²) >= 11 is 5.95. The fourth-order valence-electron chi connectivity index (χ4n) is 4.55. The molecule has 0 amide bonds. The standard InChI is InChI=1S/C20H21ClF3N7O2/c1-11-27-28-19(32-11)30-8-12-5-6-13(9-30)16(12)25-17-26-18(31(29-17)10-20(22,23)24)33-15-4-2-3-14(21)7-15/h2-4,7,12-13,16H,5-6,8-10H2,1H3,(H,25,29)/t12-,13+,16?. The van der Waals surface area contributed by atoms with Gasteiger partial charge in [-0.2, -0.15) is 18.2 Å². The number of anilines is 2. The second-order valence-corrected chi connectivity index (χ2v) is 8.76. The van der Waals surface area contributed by atoms with Gasteiger partial charge < -0.3 is 19.4 Å². The van der Waals surface area contributed by atoms with Gasteiger partial charge in [-0.3, -0.25) is 0 Å². The van der Waals surface area contributed by atoms with E-state index in [9.17, 15) is 13.2 Å². The maximum absolute atomic E-state index is 13.1. The third-order valence-corrected chi connectivity index (χ3v) is 6.12. The van der Waals surface area contributed by atoms with Crippen molar-refractivity contribution in [2.45, 2.75) is 38.5 Å². The molecule has 2 fully saturated rings. The molecular weight excluding hydrogens is 463 g/mol. The Labute approximate surface area is 191 Å². The van der Waals surface area contributed by atoms with E-state index in [1.807, 2.05) is 0 Å². The molecule has 1 aliphatic carbocycles. The quantitative estimate of drug-likeness (QED) is 0.554. The van der Waals surface area contributed by atoms with Crippen LogP contribution < -0.4 is 15.0 Å². The largest absolute Gasteiger partial charge is 0.424 e. The summed E-state index contributed by atoms with van der Waals surface area (Å²) in [6, 6.07) is 6.61. The molecule has 5 rings (SSSR count). The van der Waals surface area contributed by atoms with Gasteiger partial charge in [-0.1, -0.05) is 22.8 Å². The van der Waals surface area contributed by atoms with Gasteiger partial charge in [0.2, 0.25) is 11.8 Å². The zero-order chi connectivity index (χ0) is 23.2. The number of nitrogens with one attached hydrogen (secondary N) is 1. The molecule has 1 saturated heterocycles. The minimum Gasteiger partial charge on any atom is -0.424 e. The van der Waals surface area contributed by atoms with Crippen LogP contribution in [0.5, 0.6) is 11.8 Å². The summed E-state index contributed by atoms with van der Waals surface area (Å²) in [5.74, 6) is 1.35. The van der Waals surface area contributed by atoms with Gasteiger partial charge in [-0.05, 0) is 42.9 Å². The second kappa shape index (κ2) is 8.40. The van der Waals surface area contributed by atoms with Crippen LogP contribution in [0.25, 0.3) is 0 Å². The Morgan fingerprint density at radius 3 is 2.61 bits per heavy atom. The second-order valence-electron chi connectivity index (χ2n) is 8.33. The lowest BCUT2D eigenvalue weighted by Gasteiger charge is -2.37. The first-order chi connectivity index (χ1) is 15.7. The number of ether oxygens (including phenoxy) is 1. The summed E-state index contributed by atoms with van der Waals surface area (Å²) in [5, 5.41) is 15.7. The Morgan fingerprint density at radius 2 is 1.97 bits per heavy atom. The van der Waals surface area contributed by atoms with Crippen LogP contribution in [0, 0.1) is 18.8 Å². The molecule has 33 heavy (non-hydrogen) atoms. The third-order valence-electron chi connectivity index (χ3n) is 5.89. The maximum atomic E-state index is 13.1. The average molecular weight is 484 g/mol. The smallest absolute Gasteiger partial charge is 0.408 e. The van der Waals surface area contributed by atoms with E-state index in [2.05, 4.69) is 30.5 Å². The molecule has 1 saturated carbocycles. The van der Waals surface area contributed by atoms with Crippen LogP contribution in [0.2, 0.25) is 5.02 Å². The first-order valence-electron chi connectivity index (χ1n) is 10.5. The zero-order valence-corrected chi connectivity index (χ0v) is 18.3. The average Bonchev–Trinajstić information content (AvgIpc) is 3.37. The fourth-order valence-corrected chi connectivity index (χ4v) is 4.73. The van der Waals surface area contributed by atoms with E-state index in [1.54, 1.807) is 25.1 Å². The molecule has 2 aromatic heterocycles. The van der Waals surface area contributed by atoms with Gasteiger partial charge in [0.25, 0.3) is 0 Å². The van der Waals surface area contributed by atoms with Crippen LogP contribution >= 0.6 is 11.6 Å². The topological polar surface area (TPSA) is 94.1 Å². The van der Waals surface area contributed by atoms with Crippen LogP contribution in [0.15, 0.2) is 28.7 Å². The number of nitrogens with zero attached hydrogens (tertiary/aromatic N) is 6. The Bertz CT molecular complexity index is 1120. The highest BCUT2D eigenvalue weighted by atomic mass is 35.5. The van der Waals surface area contributed by atoms with E-state index >= 15 is 0 Å². The molecule has 2 aliphatic rings. The fraction of sp³-hybridized carbons (Fsp3) is 0.500. The van der Waals surface area contributed by atoms with Crippen molar-refractivity contribution >= 4 is 23.6 Å². The lowest BCUT2D eigenvalue weighted by atomic mass is 9.92. The molecule has 2 bridgehead atoms. The van der Waals surface area contributed by atoms with Gasteiger partial charge in [0.05, 0.1) is 0 Å². The number of hydrogen-bond donors (Lipinski definition) is 1. The van der Waals surface area contributed by atoms with E-state index < -0.39 is 12.7 Å². The molecule has 0 spiro atoms. The summed E-state index contributed by atoms with van der Waals surface area (Å²) < 4.78 is 51.2. The first kappa shape index (κ1) is 21.8. The number of benzene rings is 1. The van der Waals surface area contributed by atoms with Gasteiger partial charge in [0.1, 0.15) is 12.3 Å². The molecule has 9 nitrogen and oxygen atoms in total. The predicted molar refractivity (Wildman–Crippen MR) is 112 cm³/mol. The van der Waals surface area contributed by atoms with E-state index in [-0.39, 0.29) is 35.6 Å². The number of rotatable bonds is 6. The highest BCUT2D eigenvalue weighted by Gasteiger charge is 2.44. The Morgan fingerprint density at radius 1 is 1.21 bits per heavy atom. The molecule has 13 heteroatoms. The number of alkyl halides is 3. The lowest BCUT2D eigenvalue weighted by molar-refractivity contribution is -0.143. The molecule has 1 aliphatic heterocycles. The SMILES string of the molecule is Cc1nnc(N2C[C@H]3CC[C@@H](C2)C3Nc2nc(Oc3cccc(Cl)c3)n(CC(F)(F)F)n2)o1. The number of aromatic nitrogens is 5. The van der Waals surface area contributed by atoms with Crippen molar-refractivity contribution < 1.29 is 22.3 Å². The van der Waals surface area contributed by atoms with E-state index in [0.717, 1.165) is 12.8 Å². The molecule has 1 unspecified atom stereocenters. The Hall–Kier alpha value is -3.02. The molecular formula is C20H21ClF3N7O2. The van der Waals surface area contributed by atoms with Crippen LogP contribution in [0.3, 0.4) is 0 Å². The van der Waals surface area contributed by atoms with Gasteiger partial charge in [-0.25, -0.2) is 4.68 Å². The minimum absolute atomic E-state index is 0.0195. The molecule has 1 aromatic carbocycles. The number of fused-ring (bicyclic) bond motifs is 2. The van der Waals surface area contributed by atoms with Crippen molar-refractivity contribution in [2.75, 3.05) is 23.3 Å². The highest BCUT2D eigenvalue weighted by molar-refractivity contribution is 6.30. The monoisotopic (exact) mass is 483 g/mol. The van der Waals surface area contributed by atoms with Crippen LogP contribution in [0.1, 0.15) is 18.7 Å². The van der Waals surface area contributed by atoms with Crippen LogP contribution in [0.4, 0.5) is 25.1 Å². The molecule has 176 valence electrons. The van der Waals surface area contributed by atoms with E-state index in [4.69, 9.17) is 20.8 Å². The van der Waals surface area contributed by atoms with E-state index in [0.29, 0.717) is 34.7 Å². The van der Waals surface area contributed by atoms with Crippen molar-refractivity contribution in [3.05, 3.63) is 35.2 Å². The third kappa shape index (κ3) is 4.85. The Kier molecular flexibility index (Phi) is 5.55. The number of halogens is 4. The molecule has 3 heterocycles. The first-order valence-corrected chi connectivity index (χ1v) is 10.9. The predicted octanol–water partition coefficient (Wildman–Crippen LogP) is 4.30. The Balaban J connectivity index is 1.34. The van der Waals surface area contributed by atoms with E-state index in [1.165, 1.54) is 6.07 Å². The van der Waals surface area contributed by atoms with Gasteiger partial charge in [0, 0.05) is 31.1 Å². The number of piperidine rings is 1. The lowest BCUT2D eigenvalue weighted by Crippen LogP contribution is -2.48. The molecule has 1 N–H and O–H groups in total. The zero-order valence-electron chi connectivity index (χ0n) is 17.6. The van der Waals surface area contributed by atoms with Crippen molar-refractivity contribution in [1.29, 1.82) is 0 Å². The normalized spacial score (nSPS) is 22.6. The summed E-state index contributed by atoms with van der Waals surface area (Å²) in [6.07, 6.45) is -2.54. The maximum Gasteiger partial charge on any atom is 0.408 e. The highest BCUT2D eigenvalue weighted by Crippen LogP contribution is 2.40.